The van der Waals surface area contributed by atoms with Crippen LogP contribution in [0.25, 0.3) is 0 Å². The molecule has 0 saturated heterocycles. The normalized spacial score (nSPS) is 17.3. The Morgan fingerprint density at radius 2 is 2.10 bits per heavy atom. The third-order valence-electron chi connectivity index (χ3n) is 3.96. The summed E-state index contributed by atoms with van der Waals surface area (Å²) < 4.78 is 10.1. The molecule has 1 aliphatic rings. The zero-order valence-electron chi connectivity index (χ0n) is 12.1. The van der Waals surface area contributed by atoms with E-state index in [4.69, 9.17) is 4.42 Å². The van der Waals surface area contributed by atoms with Crippen LogP contribution in [-0.2, 0) is 24.1 Å². The van der Waals surface area contributed by atoms with Crippen LogP contribution in [-0.4, -0.2) is 19.1 Å². The summed E-state index contributed by atoms with van der Waals surface area (Å²) in [7, 11) is 1.35. The molecule has 4 nitrogen and oxygen atoms in total. The summed E-state index contributed by atoms with van der Waals surface area (Å²) in [5, 5.41) is 3.50. The molecule has 2 aromatic rings. The molecule has 0 saturated carbocycles. The van der Waals surface area contributed by atoms with E-state index in [0.29, 0.717) is 12.6 Å². The van der Waals surface area contributed by atoms with Crippen LogP contribution in [0, 0.1) is 0 Å². The number of nitrogens with one attached hydrogen (secondary N) is 1. The molecule has 1 unspecified atom stereocenters. The fraction of sp³-hybridized carbons (Fsp3) is 0.353. The minimum Gasteiger partial charge on any atom is -0.463 e. The third-order valence-corrected chi connectivity index (χ3v) is 3.96. The highest BCUT2D eigenvalue weighted by Crippen LogP contribution is 2.21. The number of aryl methyl sites for hydroxylation is 1. The second kappa shape index (κ2) is 6.14. The maximum absolute atomic E-state index is 11.3. The van der Waals surface area contributed by atoms with Gasteiger partial charge < -0.3 is 14.5 Å². The quantitative estimate of drug-likeness (QED) is 0.878. The van der Waals surface area contributed by atoms with Crippen LogP contribution in [0.4, 0.5) is 0 Å². The molecule has 1 aliphatic carbocycles. The van der Waals surface area contributed by atoms with Gasteiger partial charge in [0.05, 0.1) is 13.7 Å². The largest absolute Gasteiger partial charge is 0.463 e. The zero-order valence-corrected chi connectivity index (χ0v) is 12.1. The van der Waals surface area contributed by atoms with Gasteiger partial charge in [0.25, 0.3) is 0 Å². The van der Waals surface area contributed by atoms with Gasteiger partial charge in [0.1, 0.15) is 5.76 Å². The van der Waals surface area contributed by atoms with E-state index in [1.54, 1.807) is 6.07 Å². The van der Waals surface area contributed by atoms with E-state index >= 15 is 0 Å². The van der Waals surface area contributed by atoms with Gasteiger partial charge in [0.15, 0.2) is 0 Å². The van der Waals surface area contributed by atoms with Crippen molar-refractivity contribution >= 4 is 5.97 Å². The lowest BCUT2D eigenvalue weighted by molar-refractivity contribution is 0.0563. The monoisotopic (exact) mass is 285 g/mol. The number of methoxy groups -OCH3 is 1. The molecule has 0 spiro atoms. The Kier molecular flexibility index (Phi) is 4.06. The summed E-state index contributed by atoms with van der Waals surface area (Å²) >= 11 is 0. The van der Waals surface area contributed by atoms with Crippen molar-refractivity contribution in [3.05, 3.63) is 59.0 Å². The molecule has 0 fully saturated rings. The smallest absolute Gasteiger partial charge is 0.373 e. The topological polar surface area (TPSA) is 51.5 Å². The van der Waals surface area contributed by atoms with E-state index in [-0.39, 0.29) is 5.76 Å². The molecule has 0 aliphatic heterocycles. The van der Waals surface area contributed by atoms with Crippen molar-refractivity contribution in [2.75, 3.05) is 7.11 Å². The predicted molar refractivity (Wildman–Crippen MR) is 79.1 cm³/mol. The molecule has 21 heavy (non-hydrogen) atoms. The number of esters is 1. The number of hydrogen-bond acceptors (Lipinski definition) is 4. The Labute approximate surface area is 124 Å². The molecule has 0 amide bonds. The standard InChI is InChI=1S/C17H19NO3/c1-20-17(19)16-9-8-15(21-16)11-18-14-7-6-12-4-2-3-5-13(12)10-14/h2-5,8-9,14,18H,6-7,10-11H2,1H3. The molecule has 1 aromatic heterocycles. The van der Waals surface area contributed by atoms with Crippen LogP contribution in [0.2, 0.25) is 0 Å². The highest BCUT2D eigenvalue weighted by molar-refractivity contribution is 5.86. The molecule has 1 heterocycles. The van der Waals surface area contributed by atoms with Gasteiger partial charge in [0, 0.05) is 6.04 Å². The first-order valence-electron chi connectivity index (χ1n) is 7.23. The Morgan fingerprint density at radius 1 is 1.29 bits per heavy atom. The maximum Gasteiger partial charge on any atom is 0.373 e. The Hall–Kier alpha value is -2.07. The number of carbonyl (C=O) groups excluding carboxylic acids is 1. The molecule has 110 valence electrons. The summed E-state index contributed by atoms with van der Waals surface area (Å²) in [5.41, 5.74) is 2.89. The number of furan rings is 1. The first-order valence-corrected chi connectivity index (χ1v) is 7.23. The fourth-order valence-electron chi connectivity index (χ4n) is 2.80. The lowest BCUT2D eigenvalue weighted by atomic mass is 9.88. The lowest BCUT2D eigenvalue weighted by Gasteiger charge is -2.25. The van der Waals surface area contributed by atoms with Crippen LogP contribution < -0.4 is 5.32 Å². The molecule has 1 N–H and O–H groups in total. The van der Waals surface area contributed by atoms with Crippen molar-refractivity contribution in [3.8, 4) is 0 Å². The summed E-state index contributed by atoms with van der Waals surface area (Å²) in [5.74, 6) is 0.574. The average molecular weight is 285 g/mol. The average Bonchev–Trinajstić information content (AvgIpc) is 3.01. The minimum atomic E-state index is -0.437. The van der Waals surface area contributed by atoms with Crippen molar-refractivity contribution in [3.63, 3.8) is 0 Å². The fourth-order valence-corrected chi connectivity index (χ4v) is 2.80. The highest BCUT2D eigenvalue weighted by atomic mass is 16.5. The second-order valence-electron chi connectivity index (χ2n) is 5.35. The Balaban J connectivity index is 1.57. The van der Waals surface area contributed by atoms with Crippen molar-refractivity contribution in [2.45, 2.75) is 31.8 Å². The number of rotatable bonds is 4. The molecule has 4 heteroatoms. The molecule has 1 atom stereocenters. The number of fused-ring (bicyclic) bond motifs is 1. The van der Waals surface area contributed by atoms with Crippen LogP contribution in [0.1, 0.15) is 33.9 Å². The summed E-state index contributed by atoms with van der Waals surface area (Å²) in [6.07, 6.45) is 3.28. The van der Waals surface area contributed by atoms with Gasteiger partial charge in [-0.05, 0) is 42.5 Å². The van der Waals surface area contributed by atoms with E-state index in [1.165, 1.54) is 18.2 Å². The van der Waals surface area contributed by atoms with Crippen molar-refractivity contribution in [1.29, 1.82) is 0 Å². The molecule has 0 bridgehead atoms. The van der Waals surface area contributed by atoms with Gasteiger partial charge in [-0.2, -0.15) is 0 Å². The lowest BCUT2D eigenvalue weighted by Crippen LogP contribution is -2.33. The summed E-state index contributed by atoms with van der Waals surface area (Å²) in [6, 6.07) is 12.5. The Morgan fingerprint density at radius 3 is 2.90 bits per heavy atom. The number of benzene rings is 1. The van der Waals surface area contributed by atoms with Gasteiger partial charge in [-0.3, -0.25) is 0 Å². The molecular formula is C17H19NO3. The minimum absolute atomic E-state index is 0.253. The van der Waals surface area contributed by atoms with E-state index < -0.39 is 5.97 Å². The van der Waals surface area contributed by atoms with Gasteiger partial charge in [0.2, 0.25) is 5.76 Å². The molecule has 1 aromatic carbocycles. The SMILES string of the molecule is COC(=O)c1ccc(CNC2CCc3ccccc3C2)o1. The second-order valence-corrected chi connectivity index (χ2v) is 5.35. The molecule has 0 radical (unpaired) electrons. The van der Waals surface area contributed by atoms with E-state index in [2.05, 4.69) is 34.3 Å². The maximum atomic E-state index is 11.3. The zero-order chi connectivity index (χ0) is 14.7. The first kappa shape index (κ1) is 13.9. The van der Waals surface area contributed by atoms with Crippen molar-refractivity contribution in [1.82, 2.24) is 5.32 Å². The van der Waals surface area contributed by atoms with Gasteiger partial charge in [-0.1, -0.05) is 24.3 Å². The van der Waals surface area contributed by atoms with Crippen LogP contribution in [0.15, 0.2) is 40.8 Å². The summed E-state index contributed by atoms with van der Waals surface area (Å²) in [4.78, 5) is 11.3. The predicted octanol–water partition coefficient (Wildman–Crippen LogP) is 2.71. The van der Waals surface area contributed by atoms with Gasteiger partial charge in [-0.15, -0.1) is 0 Å². The highest BCUT2D eigenvalue weighted by Gasteiger charge is 2.18. The number of ether oxygens (including phenoxy) is 1. The van der Waals surface area contributed by atoms with Crippen LogP contribution in [0.3, 0.4) is 0 Å². The Bertz CT molecular complexity index is 632. The van der Waals surface area contributed by atoms with Gasteiger partial charge >= 0.3 is 5.97 Å². The van der Waals surface area contributed by atoms with Crippen LogP contribution in [0.5, 0.6) is 0 Å². The van der Waals surface area contributed by atoms with Gasteiger partial charge in [-0.25, -0.2) is 4.79 Å². The van der Waals surface area contributed by atoms with Crippen LogP contribution >= 0.6 is 0 Å². The first-order chi connectivity index (χ1) is 10.3. The molecular weight excluding hydrogens is 266 g/mol. The van der Waals surface area contributed by atoms with Crippen molar-refractivity contribution < 1.29 is 13.9 Å². The van der Waals surface area contributed by atoms with E-state index in [9.17, 15) is 4.79 Å². The summed E-state index contributed by atoms with van der Waals surface area (Å²) in [6.45, 7) is 0.629. The molecule has 3 rings (SSSR count). The number of carbonyl (C=O) groups is 1. The van der Waals surface area contributed by atoms with Crippen molar-refractivity contribution in [2.24, 2.45) is 0 Å². The third kappa shape index (κ3) is 3.16. The van der Waals surface area contributed by atoms with E-state index in [1.807, 2.05) is 6.07 Å². The van der Waals surface area contributed by atoms with E-state index in [0.717, 1.165) is 25.0 Å². The number of hydrogen-bond donors (Lipinski definition) is 1.